The van der Waals surface area contributed by atoms with Gasteiger partial charge in [-0.1, -0.05) is 25.3 Å². The molecule has 0 bridgehead atoms. The Kier molecular flexibility index (Phi) is 4.60. The number of carbonyl (C=O) groups is 1. The van der Waals surface area contributed by atoms with Crippen LogP contribution in [0.1, 0.15) is 37.7 Å². The third kappa shape index (κ3) is 3.51. The third-order valence-corrected chi connectivity index (χ3v) is 5.67. The van der Waals surface area contributed by atoms with E-state index in [1.54, 1.807) is 0 Å². The van der Waals surface area contributed by atoms with Gasteiger partial charge in [0.15, 0.2) is 11.5 Å². The highest BCUT2D eigenvalue weighted by molar-refractivity contribution is 5.78. The maximum Gasteiger partial charge on any atom is 0.234 e. The molecule has 5 nitrogen and oxygen atoms in total. The molecule has 0 spiro atoms. The Labute approximate surface area is 143 Å². The van der Waals surface area contributed by atoms with Crippen molar-refractivity contribution in [2.24, 2.45) is 11.8 Å². The summed E-state index contributed by atoms with van der Waals surface area (Å²) in [6.45, 7) is 3.51. The Morgan fingerprint density at radius 2 is 1.96 bits per heavy atom. The maximum atomic E-state index is 12.3. The molecule has 1 saturated carbocycles. The number of ether oxygens (including phenoxy) is 2. The summed E-state index contributed by atoms with van der Waals surface area (Å²) in [7, 11) is 0. The number of likely N-dealkylation sites (tertiary alicyclic amines) is 1. The number of hydrogen-bond donors (Lipinski definition) is 1. The molecule has 1 aromatic rings. The summed E-state index contributed by atoms with van der Waals surface area (Å²) < 4.78 is 10.7. The largest absolute Gasteiger partial charge is 0.454 e. The average molecular weight is 330 g/mol. The maximum absolute atomic E-state index is 12.3. The van der Waals surface area contributed by atoms with Crippen LogP contribution in [0.2, 0.25) is 0 Å². The van der Waals surface area contributed by atoms with Crippen molar-refractivity contribution in [2.75, 3.05) is 26.4 Å². The van der Waals surface area contributed by atoms with Gasteiger partial charge in [-0.2, -0.15) is 0 Å². The number of hydrogen-bond acceptors (Lipinski definition) is 4. The second-order valence-electron chi connectivity index (χ2n) is 7.29. The van der Waals surface area contributed by atoms with Gasteiger partial charge in [-0.15, -0.1) is 0 Å². The molecule has 1 amide bonds. The summed E-state index contributed by atoms with van der Waals surface area (Å²) in [5, 5.41) is 3.03. The van der Waals surface area contributed by atoms with Gasteiger partial charge in [0.1, 0.15) is 0 Å². The zero-order chi connectivity index (χ0) is 16.4. The van der Waals surface area contributed by atoms with E-state index in [0.717, 1.165) is 42.0 Å². The van der Waals surface area contributed by atoms with Crippen LogP contribution in [0.15, 0.2) is 18.2 Å². The van der Waals surface area contributed by atoms with Gasteiger partial charge in [0.2, 0.25) is 12.7 Å². The van der Waals surface area contributed by atoms with Crippen molar-refractivity contribution in [3.63, 3.8) is 0 Å². The van der Waals surface area contributed by atoms with E-state index in [9.17, 15) is 4.79 Å². The molecule has 2 atom stereocenters. The second kappa shape index (κ2) is 7.01. The predicted octanol–water partition coefficient (Wildman–Crippen LogP) is 2.54. The van der Waals surface area contributed by atoms with E-state index in [-0.39, 0.29) is 12.7 Å². The van der Waals surface area contributed by atoms with E-state index < -0.39 is 0 Å². The van der Waals surface area contributed by atoms with Gasteiger partial charge in [0.25, 0.3) is 0 Å². The van der Waals surface area contributed by atoms with E-state index >= 15 is 0 Å². The average Bonchev–Trinajstić information content (AvgIpc) is 3.07. The minimum Gasteiger partial charge on any atom is -0.454 e. The fraction of sp³-hybridized carbons (Fsp3) is 0.632. The first-order valence-electron chi connectivity index (χ1n) is 9.15. The molecule has 1 saturated heterocycles. The molecule has 5 heteroatoms. The fourth-order valence-electron chi connectivity index (χ4n) is 4.33. The lowest BCUT2D eigenvalue weighted by molar-refractivity contribution is -0.123. The molecule has 0 unspecified atom stereocenters. The Morgan fingerprint density at radius 1 is 1.12 bits per heavy atom. The second-order valence-corrected chi connectivity index (χ2v) is 7.29. The predicted molar refractivity (Wildman–Crippen MR) is 90.9 cm³/mol. The molecule has 24 heavy (non-hydrogen) atoms. The number of nitrogens with zero attached hydrogens (tertiary/aromatic N) is 1. The minimum atomic E-state index is 0.113. The van der Waals surface area contributed by atoms with Crippen LogP contribution in [0.3, 0.4) is 0 Å². The summed E-state index contributed by atoms with van der Waals surface area (Å²) in [6.07, 6.45) is 6.78. The highest BCUT2D eigenvalue weighted by atomic mass is 16.7. The zero-order valence-corrected chi connectivity index (χ0v) is 14.1. The molecule has 2 heterocycles. The van der Waals surface area contributed by atoms with Gasteiger partial charge in [-0.25, -0.2) is 0 Å². The van der Waals surface area contributed by atoms with Crippen LogP contribution in [0.5, 0.6) is 11.5 Å². The number of amides is 1. The van der Waals surface area contributed by atoms with Crippen LogP contribution in [0.25, 0.3) is 0 Å². The van der Waals surface area contributed by atoms with Crippen LogP contribution in [0, 0.1) is 11.8 Å². The van der Waals surface area contributed by atoms with E-state index in [4.69, 9.17) is 9.47 Å². The van der Waals surface area contributed by atoms with E-state index in [0.29, 0.717) is 13.1 Å². The third-order valence-electron chi connectivity index (χ3n) is 5.67. The van der Waals surface area contributed by atoms with Gasteiger partial charge in [0.05, 0.1) is 6.54 Å². The van der Waals surface area contributed by atoms with Crippen molar-refractivity contribution >= 4 is 5.91 Å². The summed E-state index contributed by atoms with van der Waals surface area (Å²) >= 11 is 0. The Balaban J connectivity index is 1.25. The van der Waals surface area contributed by atoms with Crippen LogP contribution in [-0.2, 0) is 11.3 Å². The smallest absolute Gasteiger partial charge is 0.234 e. The van der Waals surface area contributed by atoms with Crippen molar-refractivity contribution in [2.45, 2.75) is 38.6 Å². The van der Waals surface area contributed by atoms with Gasteiger partial charge < -0.3 is 14.8 Å². The highest BCUT2D eigenvalue weighted by Gasteiger charge is 2.31. The van der Waals surface area contributed by atoms with E-state index in [2.05, 4.69) is 10.2 Å². The highest BCUT2D eigenvalue weighted by Crippen LogP contribution is 2.36. The summed E-state index contributed by atoms with van der Waals surface area (Å²) in [6, 6.07) is 5.81. The quantitative estimate of drug-likeness (QED) is 0.922. The zero-order valence-electron chi connectivity index (χ0n) is 14.1. The normalized spacial score (nSPS) is 26.0. The Hall–Kier alpha value is -1.75. The van der Waals surface area contributed by atoms with Crippen molar-refractivity contribution in [3.05, 3.63) is 23.8 Å². The first kappa shape index (κ1) is 15.8. The molecular formula is C19H26N2O3. The summed E-state index contributed by atoms with van der Waals surface area (Å²) in [4.78, 5) is 14.6. The number of carbonyl (C=O) groups excluding carboxylic acids is 1. The number of fused-ring (bicyclic) bond motifs is 2. The SMILES string of the molecule is O=C(CN1CC[C@H]2CCCC[C@H]2C1)NCc1ccc2c(c1)OCO2. The van der Waals surface area contributed by atoms with Crippen molar-refractivity contribution in [3.8, 4) is 11.5 Å². The van der Waals surface area contributed by atoms with Gasteiger partial charge in [0, 0.05) is 13.1 Å². The molecule has 1 aromatic carbocycles. The Morgan fingerprint density at radius 3 is 2.88 bits per heavy atom. The lowest BCUT2D eigenvalue weighted by Gasteiger charge is -2.41. The Bertz CT molecular complexity index is 604. The van der Waals surface area contributed by atoms with Gasteiger partial charge in [-0.3, -0.25) is 9.69 Å². The molecule has 0 aromatic heterocycles. The first-order valence-corrected chi connectivity index (χ1v) is 9.15. The standard InChI is InChI=1S/C19H26N2O3/c22-19(12-21-8-7-15-3-1-2-4-16(15)11-21)20-10-14-5-6-17-18(9-14)24-13-23-17/h5-6,9,15-16H,1-4,7-8,10-13H2,(H,20,22)/t15-,16+/m1/s1. The molecule has 3 aliphatic rings. The molecular weight excluding hydrogens is 304 g/mol. The molecule has 1 aliphatic carbocycles. The fourth-order valence-corrected chi connectivity index (χ4v) is 4.33. The van der Waals surface area contributed by atoms with Crippen LogP contribution in [0.4, 0.5) is 0 Å². The first-order chi connectivity index (χ1) is 11.8. The molecule has 1 N–H and O–H groups in total. The van der Waals surface area contributed by atoms with Gasteiger partial charge in [-0.05, 0) is 48.9 Å². The summed E-state index contributed by atoms with van der Waals surface area (Å²) in [5.41, 5.74) is 1.04. The lowest BCUT2D eigenvalue weighted by Crippen LogP contribution is -2.46. The molecule has 4 rings (SSSR count). The van der Waals surface area contributed by atoms with E-state index in [1.165, 1.54) is 32.1 Å². The topological polar surface area (TPSA) is 50.8 Å². The molecule has 2 aliphatic heterocycles. The van der Waals surface area contributed by atoms with Crippen molar-refractivity contribution < 1.29 is 14.3 Å². The number of benzene rings is 1. The monoisotopic (exact) mass is 330 g/mol. The van der Waals surface area contributed by atoms with Gasteiger partial charge >= 0.3 is 0 Å². The van der Waals surface area contributed by atoms with Crippen LogP contribution >= 0.6 is 0 Å². The summed E-state index contributed by atoms with van der Waals surface area (Å²) in [5.74, 6) is 3.38. The number of nitrogens with one attached hydrogen (secondary N) is 1. The van der Waals surface area contributed by atoms with Crippen molar-refractivity contribution in [1.82, 2.24) is 10.2 Å². The van der Waals surface area contributed by atoms with Crippen LogP contribution < -0.4 is 14.8 Å². The van der Waals surface area contributed by atoms with Crippen molar-refractivity contribution in [1.29, 1.82) is 0 Å². The molecule has 2 fully saturated rings. The molecule has 130 valence electrons. The lowest BCUT2D eigenvalue weighted by atomic mass is 9.75. The van der Waals surface area contributed by atoms with Crippen LogP contribution in [-0.4, -0.2) is 37.2 Å². The van der Waals surface area contributed by atoms with E-state index in [1.807, 2.05) is 18.2 Å². The number of rotatable bonds is 4. The minimum absolute atomic E-state index is 0.113. The molecule has 0 radical (unpaired) electrons. The number of piperidine rings is 1.